The van der Waals surface area contributed by atoms with Crippen molar-refractivity contribution in [2.45, 2.75) is 4.90 Å². The minimum Gasteiger partial charge on any atom is -0.381 e. The van der Waals surface area contributed by atoms with Gasteiger partial charge in [-0.1, -0.05) is 12.1 Å². The van der Waals surface area contributed by atoms with E-state index >= 15 is 0 Å². The summed E-state index contributed by atoms with van der Waals surface area (Å²) >= 11 is 0. The smallest absolute Gasteiger partial charge is 0.0844 e. The Labute approximate surface area is 85.3 Å². The van der Waals surface area contributed by atoms with Crippen molar-refractivity contribution in [3.05, 3.63) is 36.7 Å². The molecule has 76 valence electrons. The van der Waals surface area contributed by atoms with Crippen molar-refractivity contribution in [1.29, 1.82) is 0 Å². The van der Waals surface area contributed by atoms with Crippen LogP contribution in [0.4, 0.5) is 10.1 Å². The summed E-state index contributed by atoms with van der Waals surface area (Å²) in [6.07, 6.45) is 3.46. The van der Waals surface area contributed by atoms with E-state index in [1.54, 1.807) is 12.3 Å². The van der Waals surface area contributed by atoms with Crippen molar-refractivity contribution >= 4 is 16.5 Å². The van der Waals surface area contributed by atoms with Crippen molar-refractivity contribution in [3.63, 3.8) is 0 Å². The second-order valence-electron chi connectivity index (χ2n) is 2.69. The summed E-state index contributed by atoms with van der Waals surface area (Å²) in [4.78, 5) is 0.736. The minimum absolute atomic E-state index is 0.394. The molecule has 0 saturated carbocycles. The predicted octanol–water partition coefficient (Wildman–Crippen LogP) is 2.32. The molecule has 0 aliphatic carbocycles. The molecule has 0 heterocycles. The standard InChI is InChI=1S/C10H12FNOS/c1-14(13)10-6-3-2-5-9(10)12-8-4-7-11/h2-7,12H,8H2,1H3. The van der Waals surface area contributed by atoms with Crippen molar-refractivity contribution in [1.82, 2.24) is 0 Å². The lowest BCUT2D eigenvalue weighted by atomic mass is 10.3. The van der Waals surface area contributed by atoms with Gasteiger partial charge in [0, 0.05) is 12.8 Å². The summed E-state index contributed by atoms with van der Waals surface area (Å²) < 4.78 is 23.0. The Balaban J connectivity index is 2.79. The fourth-order valence-electron chi connectivity index (χ4n) is 1.08. The molecule has 0 saturated heterocycles. The fourth-order valence-corrected chi connectivity index (χ4v) is 1.80. The predicted molar refractivity (Wildman–Crippen MR) is 57.5 cm³/mol. The molecule has 1 unspecified atom stereocenters. The van der Waals surface area contributed by atoms with Gasteiger partial charge in [-0.15, -0.1) is 0 Å². The van der Waals surface area contributed by atoms with Gasteiger partial charge in [-0.25, -0.2) is 4.39 Å². The molecule has 4 heteroatoms. The zero-order valence-electron chi connectivity index (χ0n) is 7.87. The van der Waals surface area contributed by atoms with E-state index in [0.717, 1.165) is 10.6 Å². The average molecular weight is 213 g/mol. The molecule has 14 heavy (non-hydrogen) atoms. The second-order valence-corrected chi connectivity index (χ2v) is 4.04. The Morgan fingerprint density at radius 2 is 2.21 bits per heavy atom. The molecule has 0 bridgehead atoms. The molecule has 0 amide bonds. The SMILES string of the molecule is CS(=O)c1ccccc1NCC=CF. The number of benzene rings is 1. The van der Waals surface area contributed by atoms with Crippen LogP contribution in [0.2, 0.25) is 0 Å². The average Bonchev–Trinajstić information content (AvgIpc) is 2.19. The lowest BCUT2D eigenvalue weighted by molar-refractivity contribution is 0.687. The van der Waals surface area contributed by atoms with Gasteiger partial charge < -0.3 is 5.32 Å². The van der Waals surface area contributed by atoms with Gasteiger partial charge in [0.15, 0.2) is 0 Å². The molecule has 0 fully saturated rings. The molecule has 0 aliphatic rings. The number of para-hydroxylation sites is 1. The number of hydrogen-bond acceptors (Lipinski definition) is 2. The molecule has 1 aromatic carbocycles. The van der Waals surface area contributed by atoms with E-state index in [1.807, 2.05) is 18.2 Å². The highest BCUT2D eigenvalue weighted by Crippen LogP contribution is 2.17. The third kappa shape index (κ3) is 2.96. The van der Waals surface area contributed by atoms with E-state index in [-0.39, 0.29) is 0 Å². The van der Waals surface area contributed by atoms with Gasteiger partial charge in [-0.2, -0.15) is 0 Å². The van der Waals surface area contributed by atoms with Crippen LogP contribution in [0.5, 0.6) is 0 Å². The maximum Gasteiger partial charge on any atom is 0.0844 e. The summed E-state index contributed by atoms with van der Waals surface area (Å²) in [7, 11) is -1.03. The van der Waals surface area contributed by atoms with Crippen molar-refractivity contribution < 1.29 is 8.60 Å². The topological polar surface area (TPSA) is 29.1 Å². The van der Waals surface area contributed by atoms with Crippen LogP contribution in [0.1, 0.15) is 0 Å². The largest absolute Gasteiger partial charge is 0.381 e. The van der Waals surface area contributed by atoms with Gasteiger partial charge in [0.2, 0.25) is 0 Å². The van der Waals surface area contributed by atoms with Crippen LogP contribution in [-0.2, 0) is 10.8 Å². The molecule has 0 aromatic heterocycles. The Morgan fingerprint density at radius 3 is 2.86 bits per heavy atom. The van der Waals surface area contributed by atoms with Crippen LogP contribution in [0.25, 0.3) is 0 Å². The van der Waals surface area contributed by atoms with Crippen molar-refractivity contribution in [2.75, 3.05) is 18.1 Å². The second kappa shape index (κ2) is 5.54. The zero-order chi connectivity index (χ0) is 10.4. The monoisotopic (exact) mass is 213 g/mol. The first kappa shape index (κ1) is 10.9. The molecule has 0 spiro atoms. The Hall–Kier alpha value is -1.16. The molecule has 1 N–H and O–H groups in total. The van der Waals surface area contributed by atoms with Crippen LogP contribution < -0.4 is 5.32 Å². The Bertz CT molecular complexity index is 352. The van der Waals surface area contributed by atoms with Crippen LogP contribution in [0.15, 0.2) is 41.6 Å². The van der Waals surface area contributed by atoms with Crippen molar-refractivity contribution in [2.24, 2.45) is 0 Å². The van der Waals surface area contributed by atoms with E-state index in [1.165, 1.54) is 6.08 Å². The first-order valence-corrected chi connectivity index (χ1v) is 5.73. The Kier molecular flexibility index (Phi) is 4.32. The summed E-state index contributed by atoms with van der Waals surface area (Å²) in [5, 5.41) is 2.98. The highest BCUT2D eigenvalue weighted by molar-refractivity contribution is 7.84. The van der Waals surface area contributed by atoms with E-state index in [2.05, 4.69) is 5.32 Å². The summed E-state index contributed by atoms with van der Waals surface area (Å²) in [6, 6.07) is 7.28. The van der Waals surface area contributed by atoms with Crippen molar-refractivity contribution in [3.8, 4) is 0 Å². The summed E-state index contributed by atoms with van der Waals surface area (Å²) in [5.41, 5.74) is 0.784. The van der Waals surface area contributed by atoms with Crippen LogP contribution in [-0.4, -0.2) is 17.0 Å². The molecular formula is C10H12FNOS. The molecule has 0 aliphatic heterocycles. The highest BCUT2D eigenvalue weighted by atomic mass is 32.2. The van der Waals surface area contributed by atoms with Gasteiger partial charge >= 0.3 is 0 Å². The third-order valence-corrected chi connectivity index (χ3v) is 2.67. The quantitative estimate of drug-likeness (QED) is 0.831. The number of anilines is 1. The van der Waals surface area contributed by atoms with E-state index in [0.29, 0.717) is 12.9 Å². The molecule has 0 radical (unpaired) electrons. The lowest BCUT2D eigenvalue weighted by Crippen LogP contribution is -2.02. The van der Waals surface area contributed by atoms with Gasteiger partial charge in [-0.3, -0.25) is 4.21 Å². The number of halogens is 1. The number of nitrogens with one attached hydrogen (secondary N) is 1. The molecule has 1 aromatic rings. The molecular weight excluding hydrogens is 201 g/mol. The molecule has 1 rings (SSSR count). The lowest BCUT2D eigenvalue weighted by Gasteiger charge is -2.07. The third-order valence-electron chi connectivity index (χ3n) is 1.70. The number of hydrogen-bond donors (Lipinski definition) is 1. The molecule has 1 atom stereocenters. The first-order chi connectivity index (χ1) is 6.75. The van der Waals surface area contributed by atoms with Crippen LogP contribution in [0.3, 0.4) is 0 Å². The highest BCUT2D eigenvalue weighted by Gasteiger charge is 2.02. The van der Waals surface area contributed by atoms with E-state index in [4.69, 9.17) is 0 Å². The number of rotatable bonds is 4. The normalized spacial score (nSPS) is 13.0. The summed E-state index contributed by atoms with van der Waals surface area (Å²) in [5.74, 6) is 0. The zero-order valence-corrected chi connectivity index (χ0v) is 8.68. The first-order valence-electron chi connectivity index (χ1n) is 4.17. The maximum absolute atomic E-state index is 11.7. The van der Waals surface area contributed by atoms with Gasteiger partial charge in [0.1, 0.15) is 0 Å². The Morgan fingerprint density at radius 1 is 1.50 bits per heavy atom. The fraction of sp³-hybridized carbons (Fsp3) is 0.200. The van der Waals surface area contributed by atoms with Gasteiger partial charge in [0.05, 0.1) is 27.7 Å². The molecule has 2 nitrogen and oxygen atoms in total. The van der Waals surface area contributed by atoms with E-state index < -0.39 is 10.8 Å². The summed E-state index contributed by atoms with van der Waals surface area (Å²) in [6.45, 7) is 0.394. The maximum atomic E-state index is 11.7. The van der Waals surface area contributed by atoms with Crippen LogP contribution >= 0.6 is 0 Å². The van der Waals surface area contributed by atoms with Gasteiger partial charge in [0.25, 0.3) is 0 Å². The minimum atomic E-state index is -1.03. The van der Waals surface area contributed by atoms with Crippen LogP contribution in [0, 0.1) is 0 Å². The van der Waals surface area contributed by atoms with E-state index in [9.17, 15) is 8.60 Å². The van der Waals surface area contributed by atoms with Gasteiger partial charge in [-0.05, 0) is 18.2 Å².